The Morgan fingerprint density at radius 1 is 1.15 bits per heavy atom. The van der Waals surface area contributed by atoms with Gasteiger partial charge in [0, 0.05) is 30.7 Å². The summed E-state index contributed by atoms with van der Waals surface area (Å²) >= 11 is 0. The Hall–Kier alpha value is -3.06. The van der Waals surface area contributed by atoms with Crippen molar-refractivity contribution in [2.24, 2.45) is 5.92 Å². The van der Waals surface area contributed by atoms with Gasteiger partial charge < -0.3 is 20.7 Å². The maximum absolute atomic E-state index is 12.6. The molecule has 33 heavy (non-hydrogen) atoms. The Morgan fingerprint density at radius 2 is 1.88 bits per heavy atom. The van der Waals surface area contributed by atoms with E-state index in [4.69, 9.17) is 0 Å². The Balaban J connectivity index is 1.59. The van der Waals surface area contributed by atoms with Crippen LogP contribution < -0.4 is 20.7 Å². The predicted molar refractivity (Wildman–Crippen MR) is 120 cm³/mol. The molecule has 1 fully saturated rings. The molecule has 0 radical (unpaired) electrons. The Kier molecular flexibility index (Phi) is 8.33. The first kappa shape index (κ1) is 24.6. The van der Waals surface area contributed by atoms with Gasteiger partial charge in [0.05, 0.1) is 6.20 Å². The van der Waals surface area contributed by atoms with Gasteiger partial charge in [-0.3, -0.25) is 0 Å². The van der Waals surface area contributed by atoms with E-state index in [9.17, 15) is 18.4 Å². The van der Waals surface area contributed by atoms with Crippen LogP contribution in [0.25, 0.3) is 0 Å². The molecule has 7 nitrogen and oxygen atoms in total. The standard InChI is InChI=1S/C23H29F3N6O/c1-15(2)31-19-9-7-16(8-10-19)12-28-21-18(11-27)14-30-22(32-21)29-13-17-5-3-4-6-20(17)33-23(24,25)26/h3-6,14-16,19,31H,7-10,12-13H2,1-2H3,(H2,28,29,30,32). The van der Waals surface area contributed by atoms with Gasteiger partial charge in [0.1, 0.15) is 23.2 Å². The number of hydrogen-bond acceptors (Lipinski definition) is 7. The summed E-state index contributed by atoms with van der Waals surface area (Å²) in [6.07, 6.45) is 1.04. The molecule has 1 aliphatic carbocycles. The zero-order chi connectivity index (χ0) is 23.8. The van der Waals surface area contributed by atoms with Crippen LogP contribution in [0.15, 0.2) is 30.5 Å². The van der Waals surface area contributed by atoms with E-state index in [1.807, 2.05) is 0 Å². The summed E-state index contributed by atoms with van der Waals surface area (Å²) in [5.74, 6) is 0.826. The molecule has 0 amide bonds. The molecular formula is C23H29F3N6O. The highest BCUT2D eigenvalue weighted by atomic mass is 19.4. The SMILES string of the molecule is CC(C)NC1CCC(CNc2nc(NCc3ccccc3OC(F)(F)F)ncc2C#N)CC1. The summed E-state index contributed by atoms with van der Waals surface area (Å²) in [5.41, 5.74) is 0.626. The van der Waals surface area contributed by atoms with Crippen LogP contribution in [0.4, 0.5) is 24.9 Å². The minimum Gasteiger partial charge on any atom is -0.405 e. The molecule has 0 unspecified atom stereocenters. The second-order valence-corrected chi connectivity index (χ2v) is 8.50. The highest BCUT2D eigenvalue weighted by molar-refractivity contribution is 5.53. The maximum Gasteiger partial charge on any atom is 0.573 e. The van der Waals surface area contributed by atoms with Crippen molar-refractivity contribution < 1.29 is 17.9 Å². The van der Waals surface area contributed by atoms with Gasteiger partial charge in [0.25, 0.3) is 0 Å². The second-order valence-electron chi connectivity index (χ2n) is 8.50. The molecule has 1 heterocycles. The number of aromatic nitrogens is 2. The van der Waals surface area contributed by atoms with Crippen molar-refractivity contribution in [2.45, 2.75) is 64.5 Å². The molecule has 10 heteroatoms. The molecule has 1 aromatic heterocycles. The minimum absolute atomic E-state index is 0.0322. The number of nitrogens with one attached hydrogen (secondary N) is 3. The summed E-state index contributed by atoms with van der Waals surface area (Å²) in [7, 11) is 0. The van der Waals surface area contributed by atoms with Crippen LogP contribution in [0.3, 0.4) is 0 Å². The monoisotopic (exact) mass is 462 g/mol. The molecule has 1 aliphatic rings. The van der Waals surface area contributed by atoms with Crippen LogP contribution in [0.1, 0.15) is 50.7 Å². The van der Waals surface area contributed by atoms with Crippen LogP contribution >= 0.6 is 0 Å². The summed E-state index contributed by atoms with van der Waals surface area (Å²) < 4.78 is 42.0. The van der Waals surface area contributed by atoms with E-state index in [1.54, 1.807) is 6.07 Å². The van der Waals surface area contributed by atoms with Crippen LogP contribution in [0, 0.1) is 17.2 Å². The quantitative estimate of drug-likeness (QED) is 0.491. The van der Waals surface area contributed by atoms with Crippen molar-refractivity contribution in [1.82, 2.24) is 15.3 Å². The number of alkyl halides is 3. The Bertz CT molecular complexity index is 952. The van der Waals surface area contributed by atoms with Crippen molar-refractivity contribution in [1.29, 1.82) is 5.26 Å². The number of rotatable bonds is 9. The van der Waals surface area contributed by atoms with Crippen LogP contribution in [0.5, 0.6) is 5.75 Å². The molecule has 0 spiro atoms. The normalized spacial score (nSPS) is 18.6. The van der Waals surface area contributed by atoms with Crippen LogP contribution in [-0.2, 0) is 6.54 Å². The summed E-state index contributed by atoms with van der Waals surface area (Å²) in [4.78, 5) is 8.48. The highest BCUT2D eigenvalue weighted by Crippen LogP contribution is 2.27. The van der Waals surface area contributed by atoms with Crippen molar-refractivity contribution in [3.63, 3.8) is 0 Å². The van der Waals surface area contributed by atoms with Crippen molar-refractivity contribution in [2.75, 3.05) is 17.2 Å². The number of hydrogen-bond donors (Lipinski definition) is 3. The average molecular weight is 463 g/mol. The third kappa shape index (κ3) is 7.79. The van der Waals surface area contributed by atoms with Gasteiger partial charge in [0.15, 0.2) is 0 Å². The first-order valence-corrected chi connectivity index (χ1v) is 11.1. The first-order chi connectivity index (χ1) is 15.7. The number of ether oxygens (including phenoxy) is 1. The average Bonchev–Trinajstić information content (AvgIpc) is 2.76. The molecular weight excluding hydrogens is 433 g/mol. The first-order valence-electron chi connectivity index (χ1n) is 11.1. The lowest BCUT2D eigenvalue weighted by Crippen LogP contribution is -2.38. The fraction of sp³-hybridized carbons (Fsp3) is 0.522. The molecule has 0 aliphatic heterocycles. The van der Waals surface area contributed by atoms with Gasteiger partial charge in [-0.15, -0.1) is 13.2 Å². The van der Waals surface area contributed by atoms with E-state index < -0.39 is 6.36 Å². The second kappa shape index (κ2) is 11.2. The molecule has 1 aromatic carbocycles. The van der Waals surface area contributed by atoms with Crippen LogP contribution in [0.2, 0.25) is 0 Å². The van der Waals surface area contributed by atoms with Gasteiger partial charge in [0.2, 0.25) is 5.95 Å². The smallest absolute Gasteiger partial charge is 0.405 e. The van der Waals surface area contributed by atoms with E-state index in [0.717, 1.165) is 25.7 Å². The molecule has 2 aromatic rings. The largest absolute Gasteiger partial charge is 0.573 e. The third-order valence-corrected chi connectivity index (χ3v) is 5.52. The van der Waals surface area contributed by atoms with Gasteiger partial charge in [-0.05, 0) is 37.7 Å². The lowest BCUT2D eigenvalue weighted by Gasteiger charge is -2.30. The van der Waals surface area contributed by atoms with Crippen molar-refractivity contribution >= 4 is 11.8 Å². The van der Waals surface area contributed by atoms with Gasteiger partial charge >= 0.3 is 6.36 Å². The molecule has 0 bridgehead atoms. The van der Waals surface area contributed by atoms with Crippen molar-refractivity contribution in [3.05, 3.63) is 41.6 Å². The Labute approximate surface area is 191 Å². The fourth-order valence-electron chi connectivity index (χ4n) is 3.98. The van der Waals surface area contributed by atoms with Gasteiger partial charge in [-0.1, -0.05) is 32.0 Å². The zero-order valence-corrected chi connectivity index (χ0v) is 18.7. The summed E-state index contributed by atoms with van der Waals surface area (Å²) in [5, 5.41) is 19.2. The number of para-hydroxylation sites is 1. The third-order valence-electron chi connectivity index (χ3n) is 5.52. The molecule has 3 N–H and O–H groups in total. The predicted octanol–water partition coefficient (Wildman–Crippen LogP) is 4.83. The number of benzene rings is 1. The molecule has 178 valence electrons. The lowest BCUT2D eigenvalue weighted by molar-refractivity contribution is -0.274. The Morgan fingerprint density at radius 3 is 2.55 bits per heavy atom. The molecule has 3 rings (SSSR count). The molecule has 1 saturated carbocycles. The lowest BCUT2D eigenvalue weighted by atomic mass is 9.85. The van der Waals surface area contributed by atoms with E-state index in [-0.39, 0.29) is 18.2 Å². The molecule has 0 atom stereocenters. The fourth-order valence-corrected chi connectivity index (χ4v) is 3.98. The minimum atomic E-state index is -4.78. The van der Waals surface area contributed by atoms with Crippen molar-refractivity contribution in [3.8, 4) is 11.8 Å². The number of nitriles is 1. The van der Waals surface area contributed by atoms with Crippen LogP contribution in [-0.4, -0.2) is 35.0 Å². The maximum atomic E-state index is 12.6. The highest BCUT2D eigenvalue weighted by Gasteiger charge is 2.32. The summed E-state index contributed by atoms with van der Waals surface area (Å²) in [6, 6.07) is 8.98. The number of halogens is 3. The van der Waals surface area contributed by atoms with Gasteiger partial charge in [-0.2, -0.15) is 10.2 Å². The number of anilines is 2. The topological polar surface area (TPSA) is 94.9 Å². The molecule has 0 saturated heterocycles. The van der Waals surface area contributed by atoms with E-state index in [0.29, 0.717) is 41.5 Å². The van der Waals surface area contributed by atoms with E-state index in [2.05, 4.69) is 50.6 Å². The zero-order valence-electron chi connectivity index (χ0n) is 18.7. The number of nitrogens with zero attached hydrogens (tertiary/aromatic N) is 3. The summed E-state index contributed by atoms with van der Waals surface area (Å²) in [6.45, 7) is 5.03. The van der Waals surface area contributed by atoms with Gasteiger partial charge in [-0.25, -0.2) is 4.98 Å². The van der Waals surface area contributed by atoms with E-state index in [1.165, 1.54) is 24.4 Å². The van der Waals surface area contributed by atoms with E-state index >= 15 is 0 Å².